The van der Waals surface area contributed by atoms with Crippen LogP contribution in [0.1, 0.15) is 0 Å². The summed E-state index contributed by atoms with van der Waals surface area (Å²) in [5.41, 5.74) is 2.24. The first kappa shape index (κ1) is 25.0. The van der Waals surface area contributed by atoms with Gasteiger partial charge in [-0.1, -0.05) is 29.8 Å². The van der Waals surface area contributed by atoms with Gasteiger partial charge < -0.3 is 24.8 Å². The SMILES string of the molecule is C=C(F)C(=O)N[C@@H]1COC[C@@H]1Nc1ncc2cc(-c3c(Cl)c(OC)cc(OC)c3Cl)c3nccn3c2n1. The van der Waals surface area contributed by atoms with Crippen LogP contribution in [0.25, 0.3) is 27.8 Å². The van der Waals surface area contributed by atoms with E-state index < -0.39 is 17.8 Å². The Morgan fingerprint density at radius 2 is 1.84 bits per heavy atom. The smallest absolute Gasteiger partial charge is 0.279 e. The van der Waals surface area contributed by atoms with Crippen molar-refractivity contribution in [1.82, 2.24) is 24.7 Å². The number of aromatic nitrogens is 4. The predicted molar refractivity (Wildman–Crippen MR) is 137 cm³/mol. The normalized spacial score (nSPS) is 17.2. The number of halogens is 3. The van der Waals surface area contributed by atoms with Gasteiger partial charge in [-0.15, -0.1) is 0 Å². The first-order chi connectivity index (χ1) is 17.8. The molecule has 0 spiro atoms. The molecule has 10 nitrogen and oxygen atoms in total. The van der Waals surface area contributed by atoms with Crippen LogP contribution >= 0.6 is 23.2 Å². The lowest BCUT2D eigenvalue weighted by molar-refractivity contribution is -0.119. The first-order valence-corrected chi connectivity index (χ1v) is 11.8. The van der Waals surface area contributed by atoms with Crippen molar-refractivity contribution in [1.29, 1.82) is 0 Å². The van der Waals surface area contributed by atoms with Gasteiger partial charge in [0.2, 0.25) is 5.95 Å². The lowest BCUT2D eigenvalue weighted by Crippen LogP contribution is -2.46. The van der Waals surface area contributed by atoms with Crippen LogP contribution in [-0.4, -0.2) is 64.8 Å². The average molecular weight is 547 g/mol. The van der Waals surface area contributed by atoms with Gasteiger partial charge in [0.15, 0.2) is 11.5 Å². The van der Waals surface area contributed by atoms with Crippen molar-refractivity contribution < 1.29 is 23.4 Å². The maximum absolute atomic E-state index is 13.2. The molecule has 0 radical (unpaired) electrons. The van der Waals surface area contributed by atoms with E-state index in [0.29, 0.717) is 55.3 Å². The number of hydrogen-bond acceptors (Lipinski definition) is 8. The molecular weight excluding hydrogens is 526 g/mol. The molecule has 192 valence electrons. The third-order valence-corrected chi connectivity index (χ3v) is 6.76. The van der Waals surface area contributed by atoms with Crippen LogP contribution in [-0.2, 0) is 9.53 Å². The van der Waals surface area contributed by atoms with Crippen LogP contribution in [0, 0.1) is 0 Å². The maximum atomic E-state index is 13.2. The Labute approximate surface area is 220 Å². The summed E-state index contributed by atoms with van der Waals surface area (Å²) < 4.78 is 31.2. The van der Waals surface area contributed by atoms with Gasteiger partial charge in [-0.05, 0) is 6.07 Å². The molecule has 5 rings (SSSR count). The maximum Gasteiger partial charge on any atom is 0.279 e. The molecule has 4 heterocycles. The molecule has 37 heavy (non-hydrogen) atoms. The Kier molecular flexibility index (Phi) is 6.76. The molecular formula is C24H21Cl2FN6O4. The minimum absolute atomic E-state index is 0.213. The third kappa shape index (κ3) is 4.50. The molecule has 1 fully saturated rings. The number of fused-ring (bicyclic) bond motifs is 3. The van der Waals surface area contributed by atoms with Crippen LogP contribution in [0.3, 0.4) is 0 Å². The third-order valence-electron chi connectivity index (χ3n) is 6.01. The molecule has 0 bridgehead atoms. The molecule has 0 unspecified atom stereocenters. The summed E-state index contributed by atoms with van der Waals surface area (Å²) in [6.45, 7) is 3.51. The largest absolute Gasteiger partial charge is 0.495 e. The lowest BCUT2D eigenvalue weighted by Gasteiger charge is -2.20. The summed E-state index contributed by atoms with van der Waals surface area (Å²) >= 11 is 13.3. The van der Waals surface area contributed by atoms with E-state index in [0.717, 1.165) is 0 Å². The lowest BCUT2D eigenvalue weighted by atomic mass is 10.0. The Bertz CT molecular complexity index is 1520. The van der Waals surface area contributed by atoms with Gasteiger partial charge in [0.05, 0.1) is 49.6 Å². The fraction of sp³-hybridized carbons (Fsp3) is 0.250. The van der Waals surface area contributed by atoms with E-state index in [1.54, 1.807) is 29.1 Å². The molecule has 1 aromatic carbocycles. The number of benzene rings is 1. The molecule has 2 N–H and O–H groups in total. The van der Waals surface area contributed by atoms with E-state index in [-0.39, 0.29) is 19.3 Å². The van der Waals surface area contributed by atoms with Crippen molar-refractivity contribution in [3.8, 4) is 22.6 Å². The van der Waals surface area contributed by atoms with Gasteiger partial charge >= 0.3 is 0 Å². The summed E-state index contributed by atoms with van der Waals surface area (Å²) in [6, 6.07) is 2.59. The average Bonchev–Trinajstić information content (AvgIpc) is 3.54. The van der Waals surface area contributed by atoms with E-state index in [1.807, 2.05) is 6.07 Å². The molecule has 0 saturated carbocycles. The van der Waals surface area contributed by atoms with Crippen molar-refractivity contribution >= 4 is 51.7 Å². The Morgan fingerprint density at radius 1 is 1.14 bits per heavy atom. The highest BCUT2D eigenvalue weighted by Gasteiger charge is 2.31. The molecule has 2 atom stereocenters. The number of carbonyl (C=O) groups excluding carboxylic acids is 1. The van der Waals surface area contributed by atoms with Crippen molar-refractivity contribution in [2.45, 2.75) is 12.1 Å². The van der Waals surface area contributed by atoms with E-state index in [2.05, 4.69) is 32.2 Å². The summed E-state index contributed by atoms with van der Waals surface area (Å²) in [5.74, 6) is -0.866. The van der Waals surface area contributed by atoms with Crippen LogP contribution in [0.4, 0.5) is 10.3 Å². The number of rotatable bonds is 7. The van der Waals surface area contributed by atoms with Gasteiger partial charge in [-0.3, -0.25) is 9.20 Å². The summed E-state index contributed by atoms with van der Waals surface area (Å²) in [4.78, 5) is 25.3. The van der Waals surface area contributed by atoms with Crippen molar-refractivity contribution in [2.75, 3.05) is 32.8 Å². The molecule has 4 aromatic rings. The van der Waals surface area contributed by atoms with Crippen molar-refractivity contribution in [2.24, 2.45) is 0 Å². The van der Waals surface area contributed by atoms with Gasteiger partial charge in [-0.2, -0.15) is 4.98 Å². The number of methoxy groups -OCH3 is 2. The molecule has 1 saturated heterocycles. The molecule has 13 heteroatoms. The monoisotopic (exact) mass is 546 g/mol. The highest BCUT2D eigenvalue weighted by Crippen LogP contribution is 2.47. The summed E-state index contributed by atoms with van der Waals surface area (Å²) in [7, 11) is 3.01. The van der Waals surface area contributed by atoms with Gasteiger partial charge in [0, 0.05) is 41.2 Å². The van der Waals surface area contributed by atoms with Gasteiger partial charge in [0.25, 0.3) is 5.91 Å². The topological polar surface area (TPSA) is 112 Å². The van der Waals surface area contributed by atoms with Crippen molar-refractivity contribution in [3.63, 3.8) is 0 Å². The summed E-state index contributed by atoms with van der Waals surface area (Å²) in [5, 5.41) is 7.00. The summed E-state index contributed by atoms with van der Waals surface area (Å²) in [6.07, 6.45) is 5.03. The minimum atomic E-state index is -1.07. The van der Waals surface area contributed by atoms with Crippen LogP contribution in [0.15, 0.2) is 43.1 Å². The van der Waals surface area contributed by atoms with E-state index in [9.17, 15) is 9.18 Å². The molecule has 0 aliphatic carbocycles. The zero-order valence-electron chi connectivity index (χ0n) is 19.7. The van der Waals surface area contributed by atoms with E-state index >= 15 is 0 Å². The fourth-order valence-corrected chi connectivity index (χ4v) is 4.90. The standard InChI is InChI=1S/C24H21Cl2FN6O4/c1-11(27)23(34)30-14-9-37-10-15(14)31-24-29-8-12-6-13(22-28-4-5-33(22)21(12)32-24)18-19(25)16(35-2)7-17(36-3)20(18)26/h4-8,14-15H,1,9-10H2,2-3H3,(H,30,34)(H,29,31,32)/t14-,15+/m1/s1. The number of carbonyl (C=O) groups is 1. The van der Waals surface area contributed by atoms with Crippen LogP contribution in [0.5, 0.6) is 11.5 Å². The Morgan fingerprint density at radius 3 is 2.51 bits per heavy atom. The highest BCUT2D eigenvalue weighted by atomic mass is 35.5. The number of hydrogen-bond donors (Lipinski definition) is 2. The van der Waals surface area contributed by atoms with Crippen molar-refractivity contribution in [3.05, 3.63) is 53.2 Å². The number of nitrogens with zero attached hydrogens (tertiary/aromatic N) is 4. The first-order valence-electron chi connectivity index (χ1n) is 11.0. The quantitative estimate of drug-likeness (QED) is 0.334. The number of anilines is 1. The number of pyridine rings is 1. The number of imidazole rings is 1. The molecule has 1 aliphatic rings. The fourth-order valence-electron chi connectivity index (χ4n) is 4.20. The molecule has 3 aromatic heterocycles. The van der Waals surface area contributed by atoms with E-state index in [1.165, 1.54) is 14.2 Å². The van der Waals surface area contributed by atoms with Gasteiger partial charge in [0.1, 0.15) is 17.1 Å². The minimum Gasteiger partial charge on any atom is -0.495 e. The number of nitrogens with one attached hydrogen (secondary N) is 2. The number of amides is 1. The second kappa shape index (κ2) is 10.0. The molecule has 1 amide bonds. The van der Waals surface area contributed by atoms with Crippen LogP contribution in [0.2, 0.25) is 10.0 Å². The molecule has 1 aliphatic heterocycles. The zero-order valence-corrected chi connectivity index (χ0v) is 21.2. The Hall–Kier alpha value is -3.67. The predicted octanol–water partition coefficient (Wildman–Crippen LogP) is 4.05. The highest BCUT2D eigenvalue weighted by molar-refractivity contribution is 6.41. The van der Waals surface area contributed by atoms with Crippen LogP contribution < -0.4 is 20.1 Å². The Balaban J connectivity index is 1.56. The number of ether oxygens (including phenoxy) is 3. The van der Waals surface area contributed by atoms with E-state index in [4.69, 9.17) is 37.4 Å². The second-order valence-electron chi connectivity index (χ2n) is 8.21. The zero-order chi connectivity index (χ0) is 26.3. The second-order valence-corrected chi connectivity index (χ2v) is 8.96. The van der Waals surface area contributed by atoms with Gasteiger partial charge in [-0.25, -0.2) is 14.4 Å².